The van der Waals surface area contributed by atoms with Crippen LogP contribution in [0.25, 0.3) is 6.08 Å². The number of amides is 1. The Morgan fingerprint density at radius 2 is 1.79 bits per heavy atom. The summed E-state index contributed by atoms with van der Waals surface area (Å²) in [6.45, 7) is 0.527. The van der Waals surface area contributed by atoms with E-state index in [4.69, 9.17) is 14.2 Å². The maximum Gasteiger partial charge on any atom is 0.343 e. The molecule has 0 spiro atoms. The van der Waals surface area contributed by atoms with Gasteiger partial charge in [-0.15, -0.1) is 0 Å². The minimum Gasteiger partial charge on any atom is -0.497 e. The number of benzene rings is 3. The van der Waals surface area contributed by atoms with Crippen LogP contribution in [0, 0.1) is 11.3 Å². The number of para-hydroxylation sites is 1. The Kier molecular flexibility index (Phi) is 6.60. The first-order chi connectivity index (χ1) is 16.5. The first-order valence-corrected chi connectivity index (χ1v) is 10.6. The summed E-state index contributed by atoms with van der Waals surface area (Å²) in [5, 5.41) is 9.66. The van der Waals surface area contributed by atoms with Crippen molar-refractivity contribution < 1.29 is 23.8 Å². The molecule has 7 nitrogen and oxygen atoms in total. The van der Waals surface area contributed by atoms with E-state index in [0.717, 1.165) is 17.7 Å². The van der Waals surface area contributed by atoms with E-state index >= 15 is 0 Å². The fourth-order valence-electron chi connectivity index (χ4n) is 3.77. The fourth-order valence-corrected chi connectivity index (χ4v) is 3.77. The molecule has 0 bridgehead atoms. The second kappa shape index (κ2) is 9.92. The van der Waals surface area contributed by atoms with Crippen LogP contribution in [0.15, 0.2) is 72.3 Å². The van der Waals surface area contributed by atoms with Crippen LogP contribution in [-0.4, -0.2) is 32.6 Å². The third kappa shape index (κ3) is 4.62. The molecule has 1 heterocycles. The number of nitrogens with zero attached hydrogens (tertiary/aromatic N) is 2. The van der Waals surface area contributed by atoms with Crippen molar-refractivity contribution in [3.05, 3.63) is 89.0 Å². The number of methoxy groups -OCH3 is 2. The van der Waals surface area contributed by atoms with E-state index in [0.29, 0.717) is 29.2 Å². The average Bonchev–Trinajstić information content (AvgIpc) is 3.31. The lowest BCUT2D eigenvalue weighted by molar-refractivity contribution is -0.114. The lowest BCUT2D eigenvalue weighted by atomic mass is 10.1. The zero-order valence-electron chi connectivity index (χ0n) is 18.8. The maximum absolute atomic E-state index is 13.0. The van der Waals surface area contributed by atoms with Crippen LogP contribution in [0.5, 0.6) is 17.2 Å². The van der Waals surface area contributed by atoms with Gasteiger partial charge in [0.2, 0.25) is 0 Å². The minimum atomic E-state index is -0.568. The highest BCUT2D eigenvalue weighted by molar-refractivity contribution is 6.12. The molecule has 1 amide bonds. The van der Waals surface area contributed by atoms with E-state index in [9.17, 15) is 14.9 Å². The highest BCUT2D eigenvalue weighted by Crippen LogP contribution is 2.31. The molecule has 1 aliphatic rings. The summed E-state index contributed by atoms with van der Waals surface area (Å²) in [5.41, 5.74) is 2.80. The van der Waals surface area contributed by atoms with Gasteiger partial charge in [0.05, 0.1) is 19.8 Å². The summed E-state index contributed by atoms with van der Waals surface area (Å²) >= 11 is 0. The van der Waals surface area contributed by atoms with Crippen LogP contribution in [0.1, 0.15) is 21.5 Å². The molecular weight excluding hydrogens is 432 g/mol. The van der Waals surface area contributed by atoms with Crippen molar-refractivity contribution in [2.75, 3.05) is 25.7 Å². The number of esters is 1. The molecule has 0 radical (unpaired) electrons. The van der Waals surface area contributed by atoms with Crippen LogP contribution in [-0.2, 0) is 11.2 Å². The number of anilines is 1. The van der Waals surface area contributed by atoms with Gasteiger partial charge in [-0.3, -0.25) is 4.79 Å². The zero-order chi connectivity index (χ0) is 24.1. The Bertz CT molecular complexity index is 1320. The molecule has 0 aromatic heterocycles. The largest absolute Gasteiger partial charge is 0.497 e. The normalized spacial score (nSPS) is 12.5. The summed E-state index contributed by atoms with van der Waals surface area (Å²) in [5.74, 6) is 0.115. The van der Waals surface area contributed by atoms with Crippen LogP contribution < -0.4 is 19.1 Å². The van der Waals surface area contributed by atoms with Crippen LogP contribution in [0.2, 0.25) is 0 Å². The van der Waals surface area contributed by atoms with E-state index in [1.165, 1.54) is 20.3 Å². The molecule has 0 unspecified atom stereocenters. The molecule has 3 aromatic carbocycles. The molecule has 0 N–H and O–H groups in total. The van der Waals surface area contributed by atoms with Crippen molar-refractivity contribution in [1.29, 1.82) is 5.26 Å². The second-order valence-electron chi connectivity index (χ2n) is 7.54. The van der Waals surface area contributed by atoms with Crippen molar-refractivity contribution in [3.8, 4) is 23.3 Å². The topological polar surface area (TPSA) is 88.9 Å². The molecule has 0 saturated carbocycles. The second-order valence-corrected chi connectivity index (χ2v) is 7.54. The lowest BCUT2D eigenvalue weighted by Gasteiger charge is -2.16. The number of rotatable bonds is 6. The summed E-state index contributed by atoms with van der Waals surface area (Å²) in [6, 6.07) is 21.1. The molecule has 0 fully saturated rings. The molecule has 1 aliphatic heterocycles. The molecule has 0 saturated heterocycles. The standard InChI is InChI=1S/C27H22N2O5/c1-32-22-8-5-7-20(16-22)27(31)34-24-11-10-18(15-25(24)33-2)14-21(17-28)26(30)29-13-12-19-6-3-4-9-23(19)29/h3-11,14-16H,12-13H2,1-2H3/b21-14+. The van der Waals surface area contributed by atoms with Gasteiger partial charge in [-0.1, -0.05) is 30.3 Å². The summed E-state index contributed by atoms with van der Waals surface area (Å²) < 4.78 is 16.0. The third-order valence-electron chi connectivity index (χ3n) is 5.49. The first kappa shape index (κ1) is 22.6. The predicted molar refractivity (Wildman–Crippen MR) is 127 cm³/mol. The van der Waals surface area contributed by atoms with Crippen molar-refractivity contribution >= 4 is 23.6 Å². The van der Waals surface area contributed by atoms with Crippen molar-refractivity contribution in [3.63, 3.8) is 0 Å². The SMILES string of the molecule is COc1cccc(C(=O)Oc2ccc(/C=C(\C#N)C(=O)N3CCc4ccccc43)cc2OC)c1. The lowest BCUT2D eigenvalue weighted by Crippen LogP contribution is -2.29. The average molecular weight is 454 g/mol. The molecule has 0 atom stereocenters. The number of ether oxygens (including phenoxy) is 3. The highest BCUT2D eigenvalue weighted by Gasteiger charge is 2.26. The van der Waals surface area contributed by atoms with E-state index in [-0.39, 0.29) is 17.2 Å². The summed E-state index contributed by atoms with van der Waals surface area (Å²) in [7, 11) is 2.96. The molecule has 4 rings (SSSR count). The zero-order valence-corrected chi connectivity index (χ0v) is 18.8. The predicted octanol–water partition coefficient (Wildman–Crippen LogP) is 4.42. The monoisotopic (exact) mass is 454 g/mol. The van der Waals surface area contributed by atoms with Gasteiger partial charge in [0.25, 0.3) is 5.91 Å². The van der Waals surface area contributed by atoms with Crippen LogP contribution >= 0.6 is 0 Å². The van der Waals surface area contributed by atoms with Gasteiger partial charge >= 0.3 is 5.97 Å². The number of carbonyl (C=O) groups is 2. The van der Waals surface area contributed by atoms with Crippen LogP contribution in [0.3, 0.4) is 0 Å². The Balaban J connectivity index is 1.56. The quantitative estimate of drug-likeness (QED) is 0.237. The van der Waals surface area contributed by atoms with E-state index in [1.807, 2.05) is 30.3 Å². The Hall–Kier alpha value is -4.57. The molecule has 170 valence electrons. The number of fused-ring (bicyclic) bond motifs is 1. The fraction of sp³-hybridized carbons (Fsp3) is 0.148. The van der Waals surface area contributed by atoms with Gasteiger partial charge in [-0.05, 0) is 60.0 Å². The first-order valence-electron chi connectivity index (χ1n) is 10.6. The number of carbonyl (C=O) groups excluding carboxylic acids is 2. The summed E-state index contributed by atoms with van der Waals surface area (Å²) in [6.07, 6.45) is 2.25. The molecule has 3 aromatic rings. The summed E-state index contributed by atoms with van der Waals surface area (Å²) in [4.78, 5) is 27.2. The van der Waals surface area contributed by atoms with E-state index in [1.54, 1.807) is 47.4 Å². The molecule has 34 heavy (non-hydrogen) atoms. The van der Waals surface area contributed by atoms with Crippen molar-refractivity contribution in [2.45, 2.75) is 6.42 Å². The van der Waals surface area contributed by atoms with E-state index < -0.39 is 5.97 Å². The van der Waals surface area contributed by atoms with Gasteiger partial charge in [0.1, 0.15) is 17.4 Å². The van der Waals surface area contributed by atoms with Gasteiger partial charge in [0.15, 0.2) is 11.5 Å². The number of hydrogen-bond donors (Lipinski definition) is 0. The van der Waals surface area contributed by atoms with Gasteiger partial charge in [-0.2, -0.15) is 5.26 Å². The number of hydrogen-bond acceptors (Lipinski definition) is 6. The van der Waals surface area contributed by atoms with Gasteiger partial charge in [-0.25, -0.2) is 4.79 Å². The highest BCUT2D eigenvalue weighted by atomic mass is 16.6. The third-order valence-corrected chi connectivity index (χ3v) is 5.49. The van der Waals surface area contributed by atoms with E-state index in [2.05, 4.69) is 0 Å². The Labute approximate surface area is 197 Å². The van der Waals surface area contributed by atoms with Crippen LogP contribution in [0.4, 0.5) is 5.69 Å². The van der Waals surface area contributed by atoms with Crippen molar-refractivity contribution in [2.24, 2.45) is 0 Å². The maximum atomic E-state index is 13.0. The van der Waals surface area contributed by atoms with Gasteiger partial charge < -0.3 is 19.1 Å². The van der Waals surface area contributed by atoms with Gasteiger partial charge in [0, 0.05) is 12.2 Å². The number of nitriles is 1. The van der Waals surface area contributed by atoms with Crippen molar-refractivity contribution in [1.82, 2.24) is 0 Å². The Morgan fingerprint density at radius 1 is 0.971 bits per heavy atom. The Morgan fingerprint density at radius 3 is 2.56 bits per heavy atom. The molecule has 0 aliphatic carbocycles. The molecular formula is C27H22N2O5. The molecule has 7 heteroatoms. The smallest absolute Gasteiger partial charge is 0.343 e. The minimum absolute atomic E-state index is 0.000110.